The van der Waals surface area contributed by atoms with E-state index in [4.69, 9.17) is 9.47 Å². The zero-order valence-electron chi connectivity index (χ0n) is 15.9. The van der Waals surface area contributed by atoms with Gasteiger partial charge in [-0.15, -0.1) is 0 Å². The molecule has 0 saturated carbocycles. The number of nitrogens with zero attached hydrogens (tertiary/aromatic N) is 2. The number of aromatic nitrogens is 3. The molecule has 0 atom stereocenters. The number of amides is 1. The molecule has 0 radical (unpaired) electrons. The fourth-order valence-corrected chi connectivity index (χ4v) is 2.94. The molecule has 4 aromatic rings. The van der Waals surface area contributed by atoms with Gasteiger partial charge < -0.3 is 19.8 Å². The van der Waals surface area contributed by atoms with Crippen molar-refractivity contribution in [1.29, 1.82) is 0 Å². The molecular formula is C22H20N4O3. The minimum absolute atomic E-state index is 0.154. The molecule has 0 bridgehead atoms. The van der Waals surface area contributed by atoms with E-state index in [1.54, 1.807) is 38.0 Å². The van der Waals surface area contributed by atoms with Crippen LogP contribution >= 0.6 is 0 Å². The highest BCUT2D eigenvalue weighted by Gasteiger charge is 2.10. The number of carbonyl (C=O) groups excluding carboxylic acids is 1. The van der Waals surface area contributed by atoms with E-state index in [0.29, 0.717) is 30.2 Å². The summed E-state index contributed by atoms with van der Waals surface area (Å²) in [5, 5.41) is 2.92. The Morgan fingerprint density at radius 2 is 1.90 bits per heavy atom. The first-order valence-electron chi connectivity index (χ1n) is 9.13. The third kappa shape index (κ3) is 4.35. The van der Waals surface area contributed by atoms with E-state index in [0.717, 1.165) is 22.2 Å². The molecule has 146 valence electrons. The van der Waals surface area contributed by atoms with E-state index in [-0.39, 0.29) is 5.91 Å². The molecule has 2 aromatic heterocycles. The van der Waals surface area contributed by atoms with E-state index in [1.165, 1.54) is 0 Å². The van der Waals surface area contributed by atoms with E-state index in [1.807, 2.05) is 36.4 Å². The predicted octanol–water partition coefficient (Wildman–Crippen LogP) is 3.48. The first kappa shape index (κ1) is 18.5. The van der Waals surface area contributed by atoms with E-state index in [9.17, 15) is 4.79 Å². The summed E-state index contributed by atoms with van der Waals surface area (Å²) >= 11 is 0. The van der Waals surface area contributed by atoms with Crippen molar-refractivity contribution >= 4 is 16.9 Å². The molecule has 2 heterocycles. The predicted molar refractivity (Wildman–Crippen MR) is 109 cm³/mol. The maximum atomic E-state index is 12.5. The molecule has 2 aromatic carbocycles. The fourth-order valence-electron chi connectivity index (χ4n) is 2.94. The Morgan fingerprint density at radius 1 is 1.03 bits per heavy atom. The summed E-state index contributed by atoms with van der Waals surface area (Å²) in [5.41, 5.74) is 4.16. The van der Waals surface area contributed by atoms with Crippen LogP contribution in [0.25, 0.3) is 11.0 Å². The van der Waals surface area contributed by atoms with Crippen LogP contribution in [0, 0.1) is 0 Å². The van der Waals surface area contributed by atoms with Gasteiger partial charge in [0.05, 0.1) is 24.5 Å². The van der Waals surface area contributed by atoms with Gasteiger partial charge in [0.2, 0.25) is 0 Å². The van der Waals surface area contributed by atoms with Crippen molar-refractivity contribution in [3.8, 4) is 11.5 Å². The zero-order chi connectivity index (χ0) is 20.1. The van der Waals surface area contributed by atoms with Crippen LogP contribution in [0.15, 0.2) is 67.3 Å². The fraction of sp³-hybridized carbons (Fsp3) is 0.136. The summed E-state index contributed by atoms with van der Waals surface area (Å²) in [7, 11) is 1.59. The highest BCUT2D eigenvalue weighted by molar-refractivity contribution is 5.97. The standard InChI is InChI=1S/C22H20N4O3/c1-28-21-10-16(2-5-20(21)29-13-15-6-8-23-9-7-15)12-24-22(27)17-3-4-18-19(11-17)26-14-25-18/h2-11,14H,12-13H2,1H3,(H,24,27)(H,25,26). The van der Waals surface area contributed by atoms with Crippen molar-refractivity contribution in [2.45, 2.75) is 13.2 Å². The third-order valence-corrected chi connectivity index (χ3v) is 4.51. The van der Waals surface area contributed by atoms with Crippen LogP contribution in [0.1, 0.15) is 21.5 Å². The van der Waals surface area contributed by atoms with Crippen LogP contribution in [0.3, 0.4) is 0 Å². The van der Waals surface area contributed by atoms with Crippen molar-refractivity contribution in [3.05, 3.63) is 83.9 Å². The first-order valence-corrected chi connectivity index (χ1v) is 9.13. The summed E-state index contributed by atoms with van der Waals surface area (Å²) in [5.74, 6) is 1.10. The van der Waals surface area contributed by atoms with Crippen molar-refractivity contribution < 1.29 is 14.3 Å². The average molecular weight is 388 g/mol. The number of nitrogens with one attached hydrogen (secondary N) is 2. The number of ether oxygens (including phenoxy) is 2. The van der Waals surface area contributed by atoms with Gasteiger partial charge in [-0.25, -0.2) is 4.98 Å². The number of hydrogen-bond acceptors (Lipinski definition) is 5. The Morgan fingerprint density at radius 3 is 2.72 bits per heavy atom. The highest BCUT2D eigenvalue weighted by Crippen LogP contribution is 2.29. The smallest absolute Gasteiger partial charge is 0.251 e. The van der Waals surface area contributed by atoms with Crippen LogP contribution in [-0.4, -0.2) is 28.0 Å². The Balaban J connectivity index is 1.40. The Bertz CT molecular complexity index is 1130. The summed E-state index contributed by atoms with van der Waals surface area (Å²) in [6.07, 6.45) is 5.06. The molecule has 0 aliphatic carbocycles. The van der Waals surface area contributed by atoms with Crippen molar-refractivity contribution in [3.63, 3.8) is 0 Å². The quantitative estimate of drug-likeness (QED) is 0.506. The molecule has 4 rings (SSSR count). The minimum atomic E-state index is -0.154. The molecule has 7 nitrogen and oxygen atoms in total. The lowest BCUT2D eigenvalue weighted by molar-refractivity contribution is 0.0951. The number of imidazole rings is 1. The third-order valence-electron chi connectivity index (χ3n) is 4.51. The number of H-pyrrole nitrogens is 1. The number of methoxy groups -OCH3 is 1. The molecule has 0 unspecified atom stereocenters. The molecule has 0 spiro atoms. The lowest BCUT2D eigenvalue weighted by Gasteiger charge is -2.13. The second kappa shape index (κ2) is 8.43. The van der Waals surface area contributed by atoms with Gasteiger partial charge in [0, 0.05) is 24.5 Å². The monoisotopic (exact) mass is 388 g/mol. The van der Waals surface area contributed by atoms with Gasteiger partial charge in [-0.2, -0.15) is 0 Å². The van der Waals surface area contributed by atoms with Gasteiger partial charge >= 0.3 is 0 Å². The molecule has 0 fully saturated rings. The van der Waals surface area contributed by atoms with Gasteiger partial charge in [0.15, 0.2) is 11.5 Å². The van der Waals surface area contributed by atoms with Crippen LogP contribution < -0.4 is 14.8 Å². The lowest BCUT2D eigenvalue weighted by Crippen LogP contribution is -2.22. The number of rotatable bonds is 7. The molecule has 0 saturated heterocycles. The summed E-state index contributed by atoms with van der Waals surface area (Å²) in [4.78, 5) is 23.6. The van der Waals surface area contributed by atoms with E-state index < -0.39 is 0 Å². The number of fused-ring (bicyclic) bond motifs is 1. The van der Waals surface area contributed by atoms with Gasteiger partial charge in [0.25, 0.3) is 5.91 Å². The van der Waals surface area contributed by atoms with Gasteiger partial charge in [-0.1, -0.05) is 6.07 Å². The molecule has 0 aliphatic rings. The summed E-state index contributed by atoms with van der Waals surface area (Å²) < 4.78 is 11.3. The maximum absolute atomic E-state index is 12.5. The van der Waals surface area contributed by atoms with Crippen LogP contribution in [0.4, 0.5) is 0 Å². The molecule has 29 heavy (non-hydrogen) atoms. The van der Waals surface area contributed by atoms with Gasteiger partial charge in [-0.3, -0.25) is 9.78 Å². The van der Waals surface area contributed by atoms with Crippen molar-refractivity contribution in [2.75, 3.05) is 7.11 Å². The second-order valence-corrected chi connectivity index (χ2v) is 6.45. The first-order chi connectivity index (χ1) is 14.2. The van der Waals surface area contributed by atoms with Crippen LogP contribution in [0.5, 0.6) is 11.5 Å². The molecule has 0 aliphatic heterocycles. The van der Waals surface area contributed by atoms with E-state index >= 15 is 0 Å². The van der Waals surface area contributed by atoms with E-state index in [2.05, 4.69) is 20.3 Å². The lowest BCUT2D eigenvalue weighted by atomic mass is 10.1. The minimum Gasteiger partial charge on any atom is -0.493 e. The average Bonchev–Trinajstić information content (AvgIpc) is 3.25. The highest BCUT2D eigenvalue weighted by atomic mass is 16.5. The van der Waals surface area contributed by atoms with Crippen molar-refractivity contribution in [1.82, 2.24) is 20.3 Å². The number of carbonyl (C=O) groups is 1. The molecular weight excluding hydrogens is 368 g/mol. The Kier molecular flexibility index (Phi) is 5.38. The summed E-state index contributed by atoms with van der Waals surface area (Å²) in [6.45, 7) is 0.798. The Hall–Kier alpha value is -3.87. The summed E-state index contributed by atoms with van der Waals surface area (Å²) in [6, 6.07) is 14.8. The van der Waals surface area contributed by atoms with Crippen LogP contribution in [0.2, 0.25) is 0 Å². The molecule has 7 heteroatoms. The number of benzene rings is 2. The maximum Gasteiger partial charge on any atom is 0.251 e. The molecule has 1 amide bonds. The number of aromatic amines is 1. The van der Waals surface area contributed by atoms with Gasteiger partial charge in [0.1, 0.15) is 6.61 Å². The zero-order valence-corrected chi connectivity index (χ0v) is 15.9. The largest absolute Gasteiger partial charge is 0.493 e. The Labute approximate surface area is 167 Å². The number of hydrogen-bond donors (Lipinski definition) is 2. The van der Waals surface area contributed by atoms with Gasteiger partial charge in [-0.05, 0) is 53.6 Å². The second-order valence-electron chi connectivity index (χ2n) is 6.45. The molecule has 2 N–H and O–H groups in total. The SMILES string of the molecule is COc1cc(CNC(=O)c2ccc3nc[nH]c3c2)ccc1OCc1ccncc1. The number of pyridine rings is 1. The van der Waals surface area contributed by atoms with Crippen LogP contribution in [-0.2, 0) is 13.2 Å². The normalized spacial score (nSPS) is 10.7. The van der Waals surface area contributed by atoms with Crippen molar-refractivity contribution in [2.24, 2.45) is 0 Å². The topological polar surface area (TPSA) is 89.1 Å².